The van der Waals surface area contributed by atoms with E-state index in [9.17, 15) is 13.6 Å². The van der Waals surface area contributed by atoms with E-state index >= 15 is 0 Å². The maximum atomic E-state index is 13.5. The van der Waals surface area contributed by atoms with Crippen molar-refractivity contribution in [3.8, 4) is 0 Å². The van der Waals surface area contributed by atoms with E-state index in [1.807, 2.05) is 18.2 Å². The van der Waals surface area contributed by atoms with Crippen LogP contribution >= 0.6 is 0 Å². The fourth-order valence-electron chi connectivity index (χ4n) is 3.31. The first kappa shape index (κ1) is 21.9. The molecule has 0 unspecified atom stereocenters. The first-order valence-corrected chi connectivity index (χ1v) is 9.89. The first-order chi connectivity index (χ1) is 14.6. The van der Waals surface area contributed by atoms with Gasteiger partial charge in [0.25, 0.3) is 0 Å². The zero-order valence-electron chi connectivity index (χ0n) is 17.0. The number of para-hydroxylation sites is 1. The van der Waals surface area contributed by atoms with Gasteiger partial charge in [0.2, 0.25) is 5.91 Å². The molecule has 0 bridgehead atoms. The maximum absolute atomic E-state index is 13.5. The minimum absolute atomic E-state index is 0.0623. The van der Waals surface area contributed by atoms with Gasteiger partial charge in [0.1, 0.15) is 0 Å². The summed E-state index contributed by atoms with van der Waals surface area (Å²) in [5, 5.41) is 4.05. The van der Waals surface area contributed by atoms with Crippen molar-refractivity contribution in [2.75, 3.05) is 51.3 Å². The fourth-order valence-corrected chi connectivity index (χ4v) is 3.31. The number of halogens is 2. The van der Waals surface area contributed by atoms with Crippen LogP contribution in [0.4, 0.5) is 14.5 Å². The van der Waals surface area contributed by atoms with E-state index in [0.29, 0.717) is 24.2 Å². The molecule has 0 saturated carbocycles. The Morgan fingerprint density at radius 1 is 1.07 bits per heavy atom. The topological polar surface area (TPSA) is 57.2 Å². The third-order valence-electron chi connectivity index (χ3n) is 5.00. The molecule has 30 heavy (non-hydrogen) atoms. The molecule has 0 aromatic heterocycles. The van der Waals surface area contributed by atoms with Gasteiger partial charge in [0, 0.05) is 57.5 Å². The molecule has 0 atom stereocenters. The molecule has 1 fully saturated rings. The Morgan fingerprint density at radius 2 is 1.80 bits per heavy atom. The lowest BCUT2D eigenvalue weighted by atomic mass is 10.1. The second-order valence-corrected chi connectivity index (χ2v) is 7.07. The maximum Gasteiger partial charge on any atom is 0.241 e. The van der Waals surface area contributed by atoms with E-state index in [-0.39, 0.29) is 12.5 Å². The highest BCUT2D eigenvalue weighted by Crippen LogP contribution is 2.15. The molecule has 2 aromatic rings. The van der Waals surface area contributed by atoms with Crippen molar-refractivity contribution < 1.29 is 18.3 Å². The molecule has 1 aliphatic heterocycles. The summed E-state index contributed by atoms with van der Waals surface area (Å²) in [6.45, 7) is 4.29. The average Bonchev–Trinajstić information content (AvgIpc) is 2.78. The van der Waals surface area contributed by atoms with E-state index in [0.717, 1.165) is 38.3 Å². The lowest BCUT2D eigenvalue weighted by Crippen LogP contribution is -2.47. The first-order valence-electron chi connectivity index (χ1n) is 9.89. The van der Waals surface area contributed by atoms with E-state index in [2.05, 4.69) is 32.5 Å². The lowest BCUT2D eigenvalue weighted by Gasteiger charge is -2.36. The summed E-state index contributed by atoms with van der Waals surface area (Å²) in [5.74, 6) is -2.15. The molecule has 0 aliphatic carbocycles. The smallest absolute Gasteiger partial charge is 0.241 e. The van der Waals surface area contributed by atoms with Crippen molar-refractivity contribution in [3.05, 3.63) is 65.7 Å². The van der Waals surface area contributed by atoms with Gasteiger partial charge in [-0.1, -0.05) is 18.2 Å². The predicted octanol–water partition coefficient (Wildman–Crippen LogP) is 2.64. The van der Waals surface area contributed by atoms with Gasteiger partial charge in [0.05, 0.1) is 12.3 Å². The number of nitrogens with one attached hydrogen (secondary N) is 1. The average molecular weight is 416 g/mol. The number of ether oxygens (including phenoxy) is 1. The van der Waals surface area contributed by atoms with Crippen molar-refractivity contribution in [1.29, 1.82) is 0 Å². The summed E-state index contributed by atoms with van der Waals surface area (Å²) in [6, 6.07) is 13.7. The number of carbonyl (C=O) groups is 1. The Kier molecular flexibility index (Phi) is 7.87. The van der Waals surface area contributed by atoms with Crippen molar-refractivity contribution in [2.24, 2.45) is 5.10 Å². The minimum Gasteiger partial charge on any atom is -0.378 e. The van der Waals surface area contributed by atoms with Crippen molar-refractivity contribution in [3.63, 3.8) is 0 Å². The Balaban J connectivity index is 1.47. The number of nitrogens with zero attached hydrogens (tertiary/aromatic N) is 3. The van der Waals surface area contributed by atoms with E-state index in [1.165, 1.54) is 18.9 Å². The molecule has 1 saturated heterocycles. The Morgan fingerprint density at radius 3 is 2.47 bits per heavy atom. The number of rotatable bonds is 8. The van der Waals surface area contributed by atoms with Gasteiger partial charge in [-0.3, -0.25) is 9.69 Å². The van der Waals surface area contributed by atoms with Crippen LogP contribution in [0.5, 0.6) is 0 Å². The molecule has 1 amide bonds. The van der Waals surface area contributed by atoms with Gasteiger partial charge in [-0.2, -0.15) is 5.10 Å². The number of carbonyl (C=O) groups excluding carboxylic acids is 1. The Labute approximate surface area is 175 Å². The normalized spacial score (nSPS) is 15.3. The zero-order chi connectivity index (χ0) is 21.3. The van der Waals surface area contributed by atoms with Crippen LogP contribution in [-0.2, 0) is 9.53 Å². The van der Waals surface area contributed by atoms with Crippen molar-refractivity contribution >= 4 is 17.3 Å². The van der Waals surface area contributed by atoms with Crippen LogP contribution in [0.15, 0.2) is 53.6 Å². The monoisotopic (exact) mass is 416 g/mol. The molecule has 0 radical (unpaired) electrons. The Hall–Kier alpha value is -2.84. The van der Waals surface area contributed by atoms with Crippen molar-refractivity contribution in [2.45, 2.75) is 6.42 Å². The number of methoxy groups -OCH3 is 1. The molecule has 6 nitrogen and oxygen atoms in total. The molecule has 8 heteroatoms. The minimum atomic E-state index is -0.975. The summed E-state index contributed by atoms with van der Waals surface area (Å²) in [5.41, 5.74) is 4.38. The van der Waals surface area contributed by atoms with E-state index in [1.54, 1.807) is 0 Å². The largest absolute Gasteiger partial charge is 0.378 e. The highest BCUT2D eigenvalue weighted by molar-refractivity contribution is 6.02. The number of piperazine rings is 1. The quantitative estimate of drug-likeness (QED) is 0.531. The van der Waals surface area contributed by atoms with Crippen LogP contribution in [0.25, 0.3) is 0 Å². The molecule has 3 rings (SSSR count). The third-order valence-corrected chi connectivity index (χ3v) is 5.00. The summed E-state index contributed by atoms with van der Waals surface area (Å²) in [7, 11) is 1.46. The summed E-state index contributed by atoms with van der Waals surface area (Å²) >= 11 is 0. The second-order valence-electron chi connectivity index (χ2n) is 7.07. The van der Waals surface area contributed by atoms with E-state index < -0.39 is 11.6 Å². The fraction of sp³-hybridized carbons (Fsp3) is 0.364. The Bertz CT molecular complexity index is 869. The van der Waals surface area contributed by atoms with Crippen LogP contribution in [0.2, 0.25) is 0 Å². The molecule has 0 spiro atoms. The number of hydrogen-bond donors (Lipinski definition) is 1. The van der Waals surface area contributed by atoms with Gasteiger partial charge in [-0.05, 0) is 30.3 Å². The summed E-state index contributed by atoms with van der Waals surface area (Å²) in [6.07, 6.45) is 0.298. The van der Waals surface area contributed by atoms with Crippen molar-refractivity contribution in [1.82, 2.24) is 10.3 Å². The van der Waals surface area contributed by atoms with Crippen LogP contribution in [0.1, 0.15) is 12.0 Å². The third kappa shape index (κ3) is 6.08. The van der Waals surface area contributed by atoms with Gasteiger partial charge in [-0.25, -0.2) is 14.2 Å². The molecule has 1 heterocycles. The molecule has 160 valence electrons. The standard InChI is InChI=1S/C22H26F2N4O2/c1-30-16-21(17-7-8-19(23)20(24)15-17)25-26-22(29)9-10-27-11-13-28(14-12-27)18-5-3-2-4-6-18/h2-8,15H,9-14,16H2,1H3,(H,26,29)/b25-21+. The number of hydrazone groups is 1. The van der Waals surface area contributed by atoms with Crippen LogP contribution < -0.4 is 10.3 Å². The van der Waals surface area contributed by atoms with Crippen LogP contribution in [0, 0.1) is 11.6 Å². The van der Waals surface area contributed by atoms with Crippen LogP contribution in [-0.4, -0.2) is 63.0 Å². The molecule has 2 aromatic carbocycles. The van der Waals surface area contributed by atoms with Gasteiger partial charge < -0.3 is 9.64 Å². The predicted molar refractivity (Wildman–Crippen MR) is 113 cm³/mol. The molecule has 1 aliphatic rings. The van der Waals surface area contributed by atoms with Gasteiger partial charge >= 0.3 is 0 Å². The highest BCUT2D eigenvalue weighted by Gasteiger charge is 2.17. The van der Waals surface area contributed by atoms with Gasteiger partial charge in [-0.15, -0.1) is 0 Å². The number of amides is 1. The molecule has 1 N–H and O–H groups in total. The van der Waals surface area contributed by atoms with Gasteiger partial charge in [0.15, 0.2) is 11.6 Å². The second kappa shape index (κ2) is 10.8. The van der Waals surface area contributed by atoms with Crippen LogP contribution in [0.3, 0.4) is 0 Å². The molecular formula is C22H26F2N4O2. The van der Waals surface area contributed by atoms with E-state index in [4.69, 9.17) is 4.74 Å². The number of benzene rings is 2. The number of hydrogen-bond acceptors (Lipinski definition) is 5. The summed E-state index contributed by atoms with van der Waals surface area (Å²) < 4.78 is 31.7. The highest BCUT2D eigenvalue weighted by atomic mass is 19.2. The molecular weight excluding hydrogens is 390 g/mol. The number of anilines is 1. The zero-order valence-corrected chi connectivity index (χ0v) is 17.0. The summed E-state index contributed by atoms with van der Waals surface area (Å²) in [4.78, 5) is 16.8. The lowest BCUT2D eigenvalue weighted by molar-refractivity contribution is -0.121. The SMILES string of the molecule is COC/C(=N\NC(=O)CCN1CCN(c2ccccc2)CC1)c1ccc(F)c(F)c1.